The maximum Gasteiger partial charge on any atom is 0.323 e. The molecule has 2 fully saturated rings. The molecule has 13 heteroatoms. The Hall–Kier alpha value is -7.32. The largest absolute Gasteiger partial charge is 0.480 e. The molecule has 0 bridgehead atoms. The molecule has 4 N–H and O–H groups in total. The first kappa shape index (κ1) is 41.3. The summed E-state index contributed by atoms with van der Waals surface area (Å²) in [6, 6.07) is 35.6. The maximum atomic E-state index is 12.6. The topological polar surface area (TPSA) is 223 Å². The number of carbonyl (C=O) groups excluding carboxylic acids is 1. The van der Waals surface area contributed by atoms with Gasteiger partial charge in [0.2, 0.25) is 5.91 Å². The molecule has 296 valence electrons. The second-order valence-corrected chi connectivity index (χ2v) is 15.1. The molecule has 0 spiro atoms. The molecule has 2 saturated carbocycles. The van der Waals surface area contributed by atoms with Crippen LogP contribution in [0.5, 0.6) is 0 Å². The minimum atomic E-state index is -0.956. The molecule has 2 unspecified atom stereocenters. The molecule has 59 heavy (non-hydrogen) atoms. The van der Waals surface area contributed by atoms with Crippen LogP contribution < -0.4 is 11.1 Å². The van der Waals surface area contributed by atoms with Crippen molar-refractivity contribution in [3.05, 3.63) is 131 Å². The van der Waals surface area contributed by atoms with Gasteiger partial charge >= 0.3 is 5.97 Å². The Bertz CT molecular complexity index is 2640. The van der Waals surface area contributed by atoms with Crippen molar-refractivity contribution in [1.29, 1.82) is 21.0 Å². The van der Waals surface area contributed by atoms with E-state index in [0.717, 1.165) is 54.4 Å². The molecule has 0 aliphatic heterocycles. The molecular formula is C46H44N10O3. The number of benzene rings is 4. The number of para-hydroxylation sites is 2. The summed E-state index contributed by atoms with van der Waals surface area (Å²) >= 11 is 0. The quantitative estimate of drug-likeness (QED) is 0.132. The van der Waals surface area contributed by atoms with Gasteiger partial charge in [0, 0.05) is 6.04 Å². The predicted octanol–water partition coefficient (Wildman–Crippen LogP) is 7.37. The summed E-state index contributed by atoms with van der Waals surface area (Å²) in [5.41, 5.74) is 13.1. The van der Waals surface area contributed by atoms with Crippen LogP contribution in [0.4, 0.5) is 0 Å². The van der Waals surface area contributed by atoms with Crippen LogP contribution in [-0.4, -0.2) is 36.1 Å². The van der Waals surface area contributed by atoms with Crippen molar-refractivity contribution in [2.45, 2.75) is 88.4 Å². The van der Waals surface area contributed by atoms with E-state index in [2.05, 4.69) is 45.6 Å². The molecule has 13 nitrogen and oxygen atoms in total. The maximum absolute atomic E-state index is 12.6. The highest BCUT2D eigenvalue weighted by molar-refractivity contribution is 5.85. The Balaban J connectivity index is 0.000000164. The van der Waals surface area contributed by atoms with Crippen molar-refractivity contribution in [3.63, 3.8) is 0 Å². The number of amides is 1. The summed E-state index contributed by atoms with van der Waals surface area (Å²) in [6.07, 6.45) is 9.12. The van der Waals surface area contributed by atoms with Gasteiger partial charge in [-0.15, -0.1) is 0 Å². The van der Waals surface area contributed by atoms with E-state index in [0.29, 0.717) is 33.2 Å². The normalized spacial score (nSPS) is 15.4. The fraction of sp³-hybridized carbons (Fsp3) is 0.304. The standard InChI is InChI=1S/C23H21N5O.C13H16N2.C10H7N3O2/c1-16(17-6-8-19(9-7-17)23(14-25)10-3-11-23)27-21(29)13-28-15-26-20-5-2-4-18(12-24)22(20)28;1-10(15)11-3-5-12(6-4-11)13(9-14)7-2-8-13;11-4-7-2-1-3-8-10(7)13(6-12-8)5-9(14)15/h2,4-9,15-16H,3,10-11,13H2,1H3,(H,27,29);3-6,10H,2,7-8,15H2,1H3;1-3,6H,5H2,(H,14,15). The molecule has 0 radical (unpaired) electrons. The Morgan fingerprint density at radius 3 is 1.53 bits per heavy atom. The van der Waals surface area contributed by atoms with E-state index in [1.54, 1.807) is 41.2 Å². The first-order chi connectivity index (χ1) is 28.5. The number of rotatable bonds is 9. The smallest absolute Gasteiger partial charge is 0.323 e. The summed E-state index contributed by atoms with van der Waals surface area (Å²) in [6.45, 7) is 3.81. The monoisotopic (exact) mass is 784 g/mol. The zero-order valence-corrected chi connectivity index (χ0v) is 33.0. The molecule has 2 aliphatic rings. The number of imidazole rings is 2. The van der Waals surface area contributed by atoms with E-state index in [9.17, 15) is 25.4 Å². The molecule has 0 saturated heterocycles. The van der Waals surface area contributed by atoms with E-state index < -0.39 is 5.97 Å². The van der Waals surface area contributed by atoms with Gasteiger partial charge in [-0.1, -0.05) is 60.7 Å². The van der Waals surface area contributed by atoms with E-state index >= 15 is 0 Å². The van der Waals surface area contributed by atoms with Gasteiger partial charge in [0.15, 0.2) is 0 Å². The van der Waals surface area contributed by atoms with Crippen LogP contribution >= 0.6 is 0 Å². The van der Waals surface area contributed by atoms with Crippen LogP contribution in [-0.2, 0) is 33.5 Å². The summed E-state index contributed by atoms with van der Waals surface area (Å²) < 4.78 is 3.16. The Morgan fingerprint density at radius 2 is 1.15 bits per heavy atom. The van der Waals surface area contributed by atoms with Crippen molar-refractivity contribution >= 4 is 33.9 Å². The molecule has 2 heterocycles. The number of carbonyl (C=O) groups is 2. The van der Waals surface area contributed by atoms with E-state index in [-0.39, 0.29) is 41.9 Å². The molecule has 2 aromatic heterocycles. The molecular weight excluding hydrogens is 741 g/mol. The number of carboxylic acid groups (broad SMARTS) is 1. The highest BCUT2D eigenvalue weighted by Crippen LogP contribution is 2.44. The molecule has 6 aromatic rings. The molecule has 4 aromatic carbocycles. The fourth-order valence-electron chi connectivity index (χ4n) is 7.53. The number of hydrogen-bond acceptors (Lipinski definition) is 9. The first-order valence-electron chi connectivity index (χ1n) is 19.4. The van der Waals surface area contributed by atoms with E-state index in [1.807, 2.05) is 62.4 Å². The number of aliphatic carboxylic acids is 1. The van der Waals surface area contributed by atoms with Gasteiger partial charge in [-0.25, -0.2) is 9.97 Å². The summed E-state index contributed by atoms with van der Waals surface area (Å²) in [5.74, 6) is -1.11. The summed E-state index contributed by atoms with van der Waals surface area (Å²) in [4.78, 5) is 31.5. The summed E-state index contributed by atoms with van der Waals surface area (Å²) in [7, 11) is 0. The Labute approximate surface area is 342 Å². The lowest BCUT2D eigenvalue weighted by Crippen LogP contribution is -2.32. The van der Waals surface area contributed by atoms with Crippen LogP contribution in [0.25, 0.3) is 22.1 Å². The first-order valence-corrected chi connectivity index (χ1v) is 19.4. The van der Waals surface area contributed by atoms with Crippen LogP contribution in [0.3, 0.4) is 0 Å². The van der Waals surface area contributed by atoms with Crippen LogP contribution in [0, 0.1) is 45.3 Å². The van der Waals surface area contributed by atoms with Gasteiger partial charge in [-0.05, 0) is 98.9 Å². The van der Waals surface area contributed by atoms with Gasteiger partial charge in [-0.3, -0.25) is 9.59 Å². The third-order valence-corrected chi connectivity index (χ3v) is 11.3. The lowest BCUT2D eigenvalue weighted by molar-refractivity contribution is -0.137. The van der Waals surface area contributed by atoms with E-state index in [1.165, 1.54) is 17.3 Å². The average Bonchev–Trinajstić information content (AvgIpc) is 3.82. The van der Waals surface area contributed by atoms with Crippen molar-refractivity contribution in [3.8, 4) is 24.3 Å². The SMILES string of the molecule is CC(N)c1ccc(C2(C#N)CCC2)cc1.CC(NC(=O)Cn1cnc2cccc(C#N)c21)c1ccc(C2(C#N)CCC2)cc1.N#Cc1cccc2ncn(CC(=O)O)c12. The number of nitrogens with zero attached hydrogens (tertiary/aromatic N) is 8. The van der Waals surface area contributed by atoms with Gasteiger partial charge in [0.1, 0.15) is 25.2 Å². The zero-order valence-electron chi connectivity index (χ0n) is 33.0. The Kier molecular flexibility index (Phi) is 12.5. The second-order valence-electron chi connectivity index (χ2n) is 15.1. The predicted molar refractivity (Wildman–Crippen MR) is 221 cm³/mol. The average molecular weight is 785 g/mol. The van der Waals surface area contributed by atoms with Crippen molar-refractivity contribution in [2.75, 3.05) is 0 Å². The van der Waals surface area contributed by atoms with Crippen LogP contribution in [0.2, 0.25) is 0 Å². The number of nitrogens with one attached hydrogen (secondary N) is 1. The number of fused-ring (bicyclic) bond motifs is 2. The van der Waals surface area contributed by atoms with Gasteiger partial charge in [0.05, 0.1) is 74.9 Å². The zero-order chi connectivity index (χ0) is 42.2. The Morgan fingerprint density at radius 1 is 0.712 bits per heavy atom. The lowest BCUT2D eigenvalue weighted by Gasteiger charge is -2.35. The van der Waals surface area contributed by atoms with Crippen LogP contribution in [0.1, 0.15) is 97.8 Å². The highest BCUT2D eigenvalue weighted by atomic mass is 16.4. The summed E-state index contributed by atoms with van der Waals surface area (Å²) in [5, 5.41) is 48.5. The molecule has 2 atom stereocenters. The minimum absolute atomic E-state index is 0.0680. The van der Waals surface area contributed by atoms with Gasteiger partial charge in [-0.2, -0.15) is 21.0 Å². The number of aromatic nitrogens is 4. The van der Waals surface area contributed by atoms with E-state index in [4.69, 9.17) is 16.1 Å². The van der Waals surface area contributed by atoms with Gasteiger partial charge < -0.3 is 25.3 Å². The second kappa shape index (κ2) is 17.9. The molecule has 1 amide bonds. The number of nitriles is 4. The van der Waals surface area contributed by atoms with Crippen molar-refractivity contribution in [1.82, 2.24) is 24.4 Å². The number of hydrogen-bond donors (Lipinski definition) is 3. The van der Waals surface area contributed by atoms with Crippen LogP contribution in [0.15, 0.2) is 97.6 Å². The third-order valence-electron chi connectivity index (χ3n) is 11.3. The fourth-order valence-corrected chi connectivity index (χ4v) is 7.53. The number of carboxylic acids is 1. The van der Waals surface area contributed by atoms with Crippen molar-refractivity contribution in [2.24, 2.45) is 5.73 Å². The molecule has 8 rings (SSSR count). The lowest BCUT2D eigenvalue weighted by atomic mass is 9.65. The van der Waals surface area contributed by atoms with Crippen molar-refractivity contribution < 1.29 is 14.7 Å². The third kappa shape index (κ3) is 8.82. The van der Waals surface area contributed by atoms with Gasteiger partial charge in [0.25, 0.3) is 0 Å². The minimum Gasteiger partial charge on any atom is -0.480 e. The highest BCUT2D eigenvalue weighted by Gasteiger charge is 2.39. The number of nitrogens with two attached hydrogens (primary N) is 1. The molecule has 2 aliphatic carbocycles.